The summed E-state index contributed by atoms with van der Waals surface area (Å²) in [7, 11) is 0. The molecule has 24 heavy (non-hydrogen) atoms. The average molecular weight is 370 g/mol. The molecule has 0 amide bonds. The van der Waals surface area contributed by atoms with Gasteiger partial charge in [-0.05, 0) is 44.1 Å². The van der Waals surface area contributed by atoms with E-state index in [9.17, 15) is 9.18 Å². The smallest absolute Gasteiger partial charge is 0.325 e. The molecule has 1 aliphatic carbocycles. The first-order valence-electron chi connectivity index (χ1n) is 7.88. The Balaban J connectivity index is 1.80. The maximum absolute atomic E-state index is 14.3. The number of halogens is 2. The average Bonchev–Trinajstić information content (AvgIpc) is 3.04. The molecule has 128 valence electrons. The van der Waals surface area contributed by atoms with Gasteiger partial charge in [0.25, 0.3) is 0 Å². The molecule has 2 aromatic rings. The fourth-order valence-corrected chi connectivity index (χ4v) is 4.03. The largest absolute Gasteiger partial charge is 0.489 e. The van der Waals surface area contributed by atoms with Gasteiger partial charge in [-0.1, -0.05) is 11.6 Å². The van der Waals surface area contributed by atoms with E-state index in [0.717, 1.165) is 37.3 Å². The van der Waals surface area contributed by atoms with Gasteiger partial charge < -0.3 is 4.74 Å². The molecule has 2 aliphatic rings. The lowest BCUT2D eigenvalue weighted by Gasteiger charge is -2.12. The van der Waals surface area contributed by atoms with Crippen LogP contribution in [-0.2, 0) is 13.1 Å². The second kappa shape index (κ2) is 5.46. The zero-order valence-electron chi connectivity index (χ0n) is 13.4. The highest BCUT2D eigenvalue weighted by Crippen LogP contribution is 2.50. The third-order valence-electron chi connectivity index (χ3n) is 4.41. The normalized spacial score (nSPS) is 18.5. The Labute approximate surface area is 147 Å². The molecule has 0 bridgehead atoms. The summed E-state index contributed by atoms with van der Waals surface area (Å²) in [5, 5.41) is 0.208. The Morgan fingerprint density at radius 3 is 2.71 bits per heavy atom. The molecule has 1 spiro atoms. The van der Waals surface area contributed by atoms with Gasteiger partial charge in [-0.15, -0.1) is 0 Å². The lowest BCUT2D eigenvalue weighted by molar-refractivity contribution is 0.242. The quantitative estimate of drug-likeness (QED) is 0.833. The fourth-order valence-electron chi connectivity index (χ4n) is 3.00. The first-order chi connectivity index (χ1) is 11.4. The van der Waals surface area contributed by atoms with Crippen LogP contribution in [0.2, 0.25) is 5.02 Å². The van der Waals surface area contributed by atoms with E-state index >= 15 is 0 Å². The minimum atomic E-state index is -0.532. The summed E-state index contributed by atoms with van der Waals surface area (Å²) in [6.45, 7) is 5.25. The van der Waals surface area contributed by atoms with Gasteiger partial charge in [0.1, 0.15) is 11.4 Å². The minimum absolute atomic E-state index is 0.0504. The summed E-state index contributed by atoms with van der Waals surface area (Å²) < 4.78 is 23.4. The molecule has 0 saturated heterocycles. The first-order valence-corrected chi connectivity index (χ1v) is 9.08. The Bertz CT molecular complexity index is 940. The van der Waals surface area contributed by atoms with Gasteiger partial charge in [0.05, 0.1) is 17.7 Å². The molecule has 8 heteroatoms. The SMILES string of the molecule is CC(C)Oc1cc(N=c2sc(=O)n3n2CC2(CC2)C3)c(F)cc1Cl. The predicted octanol–water partition coefficient (Wildman–Crippen LogP) is 3.32. The first kappa shape index (κ1) is 15.9. The summed E-state index contributed by atoms with van der Waals surface area (Å²) in [4.78, 5) is 17.0. The minimum Gasteiger partial charge on any atom is -0.489 e. The van der Waals surface area contributed by atoms with E-state index in [0.29, 0.717) is 10.6 Å². The van der Waals surface area contributed by atoms with E-state index in [-0.39, 0.29) is 27.1 Å². The molecule has 5 nitrogen and oxygen atoms in total. The highest BCUT2D eigenvalue weighted by molar-refractivity contribution is 7.06. The Kier molecular flexibility index (Phi) is 3.61. The van der Waals surface area contributed by atoms with Crippen LogP contribution >= 0.6 is 22.9 Å². The Morgan fingerprint density at radius 1 is 1.33 bits per heavy atom. The topological polar surface area (TPSA) is 48.5 Å². The lowest BCUT2D eigenvalue weighted by atomic mass is 10.1. The summed E-state index contributed by atoms with van der Waals surface area (Å²) in [5.41, 5.74) is 0.353. The molecular formula is C16H17ClFN3O2S. The zero-order valence-corrected chi connectivity index (χ0v) is 15.0. The summed E-state index contributed by atoms with van der Waals surface area (Å²) in [6, 6.07) is 2.69. The van der Waals surface area contributed by atoms with Crippen LogP contribution in [0.5, 0.6) is 5.75 Å². The maximum atomic E-state index is 14.3. The standard InChI is InChI=1S/C16H17ClFN3O2S/c1-9(2)23-13-6-12(11(18)5-10(13)17)19-14-20-7-16(3-4-16)8-21(20)15(22)24-14/h5-6,9H,3-4,7-8H2,1-2H3. The number of hydrogen-bond acceptors (Lipinski definition) is 4. The molecule has 0 N–H and O–H groups in total. The molecule has 1 aliphatic heterocycles. The van der Waals surface area contributed by atoms with E-state index in [4.69, 9.17) is 16.3 Å². The number of nitrogens with zero attached hydrogens (tertiary/aromatic N) is 3. The van der Waals surface area contributed by atoms with Crippen molar-refractivity contribution in [3.8, 4) is 5.75 Å². The van der Waals surface area contributed by atoms with Crippen molar-refractivity contribution in [2.24, 2.45) is 10.4 Å². The van der Waals surface area contributed by atoms with Gasteiger partial charge in [-0.2, -0.15) is 0 Å². The van der Waals surface area contributed by atoms with Crippen LogP contribution in [0.15, 0.2) is 21.9 Å². The van der Waals surface area contributed by atoms with E-state index in [1.165, 1.54) is 12.1 Å². The van der Waals surface area contributed by atoms with Crippen LogP contribution in [0.25, 0.3) is 0 Å². The fraction of sp³-hybridized carbons (Fsp3) is 0.500. The van der Waals surface area contributed by atoms with Crippen molar-refractivity contribution in [2.75, 3.05) is 0 Å². The highest BCUT2D eigenvalue weighted by atomic mass is 35.5. The highest BCUT2D eigenvalue weighted by Gasteiger charge is 2.48. The van der Waals surface area contributed by atoms with Crippen molar-refractivity contribution in [1.82, 2.24) is 9.36 Å². The summed E-state index contributed by atoms with van der Waals surface area (Å²) in [5.74, 6) is -0.144. The molecule has 0 atom stereocenters. The number of rotatable bonds is 3. The van der Waals surface area contributed by atoms with Crippen LogP contribution < -0.4 is 14.4 Å². The van der Waals surface area contributed by atoms with Crippen LogP contribution in [0.4, 0.5) is 10.1 Å². The van der Waals surface area contributed by atoms with E-state index < -0.39 is 5.82 Å². The van der Waals surface area contributed by atoms with Gasteiger partial charge in [-0.25, -0.2) is 14.1 Å². The number of benzene rings is 1. The zero-order chi connectivity index (χ0) is 17.1. The molecule has 2 heterocycles. The Hall–Kier alpha value is -1.60. The molecule has 1 aromatic carbocycles. The van der Waals surface area contributed by atoms with Gasteiger partial charge in [0.15, 0.2) is 5.82 Å². The summed E-state index contributed by atoms with van der Waals surface area (Å²) in [6.07, 6.45) is 2.18. The van der Waals surface area contributed by atoms with Gasteiger partial charge in [0.2, 0.25) is 4.80 Å². The van der Waals surface area contributed by atoms with Gasteiger partial charge in [0, 0.05) is 18.0 Å². The van der Waals surface area contributed by atoms with Crippen LogP contribution in [0.3, 0.4) is 0 Å². The van der Waals surface area contributed by atoms with Crippen molar-refractivity contribution in [2.45, 2.75) is 45.9 Å². The second-order valence-corrected chi connectivity index (χ2v) is 8.10. The van der Waals surface area contributed by atoms with Crippen molar-refractivity contribution < 1.29 is 9.13 Å². The predicted molar refractivity (Wildman–Crippen MR) is 90.6 cm³/mol. The van der Waals surface area contributed by atoms with E-state index in [2.05, 4.69) is 4.99 Å². The number of aromatic nitrogens is 2. The summed E-state index contributed by atoms with van der Waals surface area (Å²) >= 11 is 7.06. The van der Waals surface area contributed by atoms with E-state index in [1.807, 2.05) is 18.5 Å². The van der Waals surface area contributed by atoms with E-state index in [1.54, 1.807) is 4.68 Å². The van der Waals surface area contributed by atoms with Crippen LogP contribution in [0.1, 0.15) is 26.7 Å². The molecule has 0 radical (unpaired) electrons. The monoisotopic (exact) mass is 369 g/mol. The van der Waals surface area contributed by atoms with Gasteiger partial charge in [-0.3, -0.25) is 9.48 Å². The molecule has 4 rings (SSSR count). The van der Waals surface area contributed by atoms with Crippen LogP contribution in [-0.4, -0.2) is 15.5 Å². The lowest BCUT2D eigenvalue weighted by Crippen LogP contribution is -2.20. The maximum Gasteiger partial charge on any atom is 0.325 e. The van der Waals surface area contributed by atoms with Crippen molar-refractivity contribution in [1.29, 1.82) is 0 Å². The van der Waals surface area contributed by atoms with Crippen molar-refractivity contribution in [3.05, 3.63) is 37.4 Å². The molecule has 1 saturated carbocycles. The molecular weight excluding hydrogens is 353 g/mol. The third kappa shape index (κ3) is 2.69. The number of ether oxygens (including phenoxy) is 1. The van der Waals surface area contributed by atoms with Crippen molar-refractivity contribution >= 4 is 28.6 Å². The molecule has 1 fully saturated rings. The third-order valence-corrected chi connectivity index (χ3v) is 5.57. The molecule has 1 aromatic heterocycles. The number of hydrogen-bond donors (Lipinski definition) is 0. The van der Waals surface area contributed by atoms with Crippen molar-refractivity contribution in [3.63, 3.8) is 0 Å². The van der Waals surface area contributed by atoms with Gasteiger partial charge >= 0.3 is 4.87 Å². The van der Waals surface area contributed by atoms with Crippen LogP contribution in [0, 0.1) is 11.2 Å². The number of fused-ring (bicyclic) bond motifs is 1. The molecule has 0 unspecified atom stereocenters. The Morgan fingerprint density at radius 2 is 2.04 bits per heavy atom. The second-order valence-electron chi connectivity index (χ2n) is 6.78.